The Balaban J connectivity index is 2.03. The average molecular weight is 227 g/mol. The second-order valence-corrected chi connectivity index (χ2v) is 4.70. The van der Waals surface area contributed by atoms with E-state index in [-0.39, 0.29) is 0 Å². The lowest BCUT2D eigenvalue weighted by Gasteiger charge is -2.18. The Morgan fingerprint density at radius 2 is 2.12 bits per heavy atom. The van der Waals surface area contributed by atoms with Crippen LogP contribution in [-0.2, 0) is 6.42 Å². The van der Waals surface area contributed by atoms with Gasteiger partial charge < -0.3 is 10.3 Å². The molecule has 0 aliphatic carbocycles. The smallest absolute Gasteiger partial charge is 0.137 e. The molecule has 3 heteroatoms. The predicted octanol–water partition coefficient (Wildman–Crippen LogP) is 3.05. The number of rotatable bonds is 1. The molecule has 1 aliphatic heterocycles. The highest BCUT2D eigenvalue weighted by molar-refractivity contribution is 5.65. The van der Waals surface area contributed by atoms with Crippen molar-refractivity contribution in [3.05, 3.63) is 35.2 Å². The van der Waals surface area contributed by atoms with Gasteiger partial charge in [0, 0.05) is 23.5 Å². The molecule has 0 unspecified atom stereocenters. The first-order valence-electron chi connectivity index (χ1n) is 6.14. The summed E-state index contributed by atoms with van der Waals surface area (Å²) < 4.78 is 0. The van der Waals surface area contributed by atoms with E-state index in [4.69, 9.17) is 0 Å². The third-order valence-electron chi connectivity index (χ3n) is 3.45. The third kappa shape index (κ3) is 1.82. The van der Waals surface area contributed by atoms with Gasteiger partial charge in [-0.25, -0.2) is 4.98 Å². The molecule has 3 nitrogen and oxygen atoms in total. The molecule has 1 aromatic heterocycles. The van der Waals surface area contributed by atoms with Crippen molar-refractivity contribution in [3.63, 3.8) is 0 Å². The monoisotopic (exact) mass is 227 g/mol. The fourth-order valence-electron chi connectivity index (χ4n) is 2.31. The summed E-state index contributed by atoms with van der Waals surface area (Å²) in [4.78, 5) is 7.89. The Labute approximate surface area is 101 Å². The summed E-state index contributed by atoms with van der Waals surface area (Å²) >= 11 is 0. The second kappa shape index (κ2) is 3.91. The van der Waals surface area contributed by atoms with Gasteiger partial charge >= 0.3 is 0 Å². The number of hydrogen-bond donors (Lipinski definition) is 2. The Morgan fingerprint density at radius 1 is 1.24 bits per heavy atom. The number of benzene rings is 1. The van der Waals surface area contributed by atoms with Crippen LogP contribution in [0.1, 0.15) is 23.4 Å². The SMILES string of the molecule is Cc1nc(-c2ccc3c(c2)CCCN3)[nH]c1C. The Hall–Kier alpha value is -1.77. The predicted molar refractivity (Wildman–Crippen MR) is 70.3 cm³/mol. The summed E-state index contributed by atoms with van der Waals surface area (Å²) in [6, 6.07) is 6.55. The van der Waals surface area contributed by atoms with E-state index in [1.54, 1.807) is 0 Å². The van der Waals surface area contributed by atoms with Crippen LogP contribution < -0.4 is 5.32 Å². The fourth-order valence-corrected chi connectivity index (χ4v) is 2.31. The van der Waals surface area contributed by atoms with Gasteiger partial charge in [0.25, 0.3) is 0 Å². The molecule has 0 fully saturated rings. The summed E-state index contributed by atoms with van der Waals surface area (Å²) in [6.07, 6.45) is 2.38. The van der Waals surface area contributed by atoms with Crippen LogP contribution in [0.2, 0.25) is 0 Å². The van der Waals surface area contributed by atoms with Crippen LogP contribution in [0.15, 0.2) is 18.2 Å². The number of nitrogens with one attached hydrogen (secondary N) is 2. The quantitative estimate of drug-likeness (QED) is 0.786. The number of imidazole rings is 1. The molecular weight excluding hydrogens is 210 g/mol. The van der Waals surface area contributed by atoms with Gasteiger partial charge in [-0.2, -0.15) is 0 Å². The zero-order chi connectivity index (χ0) is 11.8. The van der Waals surface area contributed by atoms with Crippen LogP contribution in [0.4, 0.5) is 5.69 Å². The van der Waals surface area contributed by atoms with E-state index < -0.39 is 0 Å². The van der Waals surface area contributed by atoms with Crippen LogP contribution in [0.5, 0.6) is 0 Å². The van der Waals surface area contributed by atoms with Gasteiger partial charge in [-0.15, -0.1) is 0 Å². The van der Waals surface area contributed by atoms with Crippen LogP contribution in [-0.4, -0.2) is 16.5 Å². The molecule has 0 saturated carbocycles. The van der Waals surface area contributed by atoms with Gasteiger partial charge in [0.2, 0.25) is 0 Å². The van der Waals surface area contributed by atoms with E-state index in [0.29, 0.717) is 0 Å². The summed E-state index contributed by atoms with van der Waals surface area (Å²) in [5, 5.41) is 3.43. The Bertz CT molecular complexity index is 535. The first-order valence-corrected chi connectivity index (χ1v) is 6.14. The first-order chi connectivity index (χ1) is 8.24. The number of hydrogen-bond acceptors (Lipinski definition) is 2. The van der Waals surface area contributed by atoms with Crippen molar-refractivity contribution >= 4 is 5.69 Å². The summed E-state index contributed by atoms with van der Waals surface area (Å²) in [5.74, 6) is 0.980. The summed E-state index contributed by atoms with van der Waals surface area (Å²) in [7, 11) is 0. The van der Waals surface area contributed by atoms with Crippen molar-refractivity contribution in [3.8, 4) is 11.4 Å². The highest BCUT2D eigenvalue weighted by atomic mass is 14.9. The summed E-state index contributed by atoms with van der Waals surface area (Å²) in [5.41, 5.74) is 6.09. The maximum Gasteiger partial charge on any atom is 0.137 e. The summed E-state index contributed by atoms with van der Waals surface area (Å²) in [6.45, 7) is 5.19. The molecule has 0 saturated heterocycles. The van der Waals surface area contributed by atoms with Crippen molar-refractivity contribution in [1.29, 1.82) is 0 Å². The number of anilines is 1. The zero-order valence-corrected chi connectivity index (χ0v) is 10.3. The largest absolute Gasteiger partial charge is 0.385 e. The Kier molecular flexibility index (Phi) is 2.39. The maximum atomic E-state index is 4.55. The molecule has 1 aromatic carbocycles. The molecule has 0 atom stereocenters. The lowest BCUT2D eigenvalue weighted by Crippen LogP contribution is -2.11. The molecule has 3 rings (SSSR count). The van der Waals surface area contributed by atoms with E-state index in [0.717, 1.165) is 30.2 Å². The molecular formula is C14H17N3. The van der Waals surface area contributed by atoms with Crippen LogP contribution >= 0.6 is 0 Å². The topological polar surface area (TPSA) is 40.7 Å². The van der Waals surface area contributed by atoms with Crippen molar-refractivity contribution in [1.82, 2.24) is 9.97 Å². The number of aromatic nitrogens is 2. The number of fused-ring (bicyclic) bond motifs is 1. The molecule has 2 N–H and O–H groups in total. The van der Waals surface area contributed by atoms with Crippen molar-refractivity contribution in [2.24, 2.45) is 0 Å². The minimum Gasteiger partial charge on any atom is -0.385 e. The van der Waals surface area contributed by atoms with E-state index in [1.807, 2.05) is 6.92 Å². The molecule has 0 spiro atoms. The van der Waals surface area contributed by atoms with Gasteiger partial charge in [0.15, 0.2) is 0 Å². The fraction of sp³-hybridized carbons (Fsp3) is 0.357. The van der Waals surface area contributed by atoms with Gasteiger partial charge in [-0.1, -0.05) is 0 Å². The molecule has 88 valence electrons. The molecule has 2 aromatic rings. The van der Waals surface area contributed by atoms with Gasteiger partial charge in [-0.05, 0) is 50.5 Å². The maximum absolute atomic E-state index is 4.55. The molecule has 0 bridgehead atoms. The van der Waals surface area contributed by atoms with Gasteiger partial charge in [-0.3, -0.25) is 0 Å². The third-order valence-corrected chi connectivity index (χ3v) is 3.45. The number of aryl methyl sites for hydroxylation is 3. The van der Waals surface area contributed by atoms with Crippen LogP contribution in [0.25, 0.3) is 11.4 Å². The zero-order valence-electron chi connectivity index (χ0n) is 10.3. The van der Waals surface area contributed by atoms with Gasteiger partial charge in [0.1, 0.15) is 5.82 Å². The molecule has 0 radical (unpaired) electrons. The molecule has 1 aliphatic rings. The highest BCUT2D eigenvalue weighted by Gasteiger charge is 2.11. The number of nitrogens with zero attached hydrogens (tertiary/aromatic N) is 1. The van der Waals surface area contributed by atoms with Crippen molar-refractivity contribution in [2.45, 2.75) is 26.7 Å². The average Bonchev–Trinajstić information content (AvgIpc) is 2.69. The highest BCUT2D eigenvalue weighted by Crippen LogP contribution is 2.27. The second-order valence-electron chi connectivity index (χ2n) is 4.70. The first kappa shape index (κ1) is 10.4. The lowest BCUT2D eigenvalue weighted by atomic mass is 10.0. The molecule has 2 heterocycles. The van der Waals surface area contributed by atoms with E-state index in [1.165, 1.54) is 23.2 Å². The number of aromatic amines is 1. The normalized spacial score (nSPS) is 14.2. The van der Waals surface area contributed by atoms with Gasteiger partial charge in [0.05, 0.1) is 5.69 Å². The van der Waals surface area contributed by atoms with E-state index >= 15 is 0 Å². The Morgan fingerprint density at radius 3 is 2.88 bits per heavy atom. The molecule has 0 amide bonds. The van der Waals surface area contributed by atoms with E-state index in [9.17, 15) is 0 Å². The van der Waals surface area contributed by atoms with Crippen molar-refractivity contribution < 1.29 is 0 Å². The molecule has 17 heavy (non-hydrogen) atoms. The van der Waals surface area contributed by atoms with E-state index in [2.05, 4.69) is 40.4 Å². The standard InChI is InChI=1S/C14H17N3/c1-9-10(2)17-14(16-9)12-5-6-13-11(8-12)4-3-7-15-13/h5-6,8,15H,3-4,7H2,1-2H3,(H,16,17). The van der Waals surface area contributed by atoms with Crippen LogP contribution in [0, 0.1) is 13.8 Å². The number of H-pyrrole nitrogens is 1. The minimum absolute atomic E-state index is 0.980. The minimum atomic E-state index is 0.980. The lowest BCUT2D eigenvalue weighted by molar-refractivity contribution is 0.830. The van der Waals surface area contributed by atoms with Crippen LogP contribution in [0.3, 0.4) is 0 Å². The van der Waals surface area contributed by atoms with Crippen molar-refractivity contribution in [2.75, 3.05) is 11.9 Å².